The molecule has 2 fully saturated rings. The van der Waals surface area contributed by atoms with Crippen LogP contribution in [0.3, 0.4) is 0 Å². The third kappa shape index (κ3) is 5.78. The average molecular weight is 494 g/mol. The fourth-order valence-corrected chi connectivity index (χ4v) is 3.99. The number of hydrogen-bond donors (Lipinski definition) is 4. The number of morpholine rings is 1. The van der Waals surface area contributed by atoms with Crippen LogP contribution in [0.4, 0.5) is 33.2 Å². The van der Waals surface area contributed by atoms with Crippen molar-refractivity contribution in [2.45, 2.75) is 12.8 Å². The number of ether oxygens (including phenoxy) is 1. The molecule has 0 radical (unpaired) electrons. The Labute approximate surface area is 208 Å². The molecule has 1 amide bonds. The van der Waals surface area contributed by atoms with Gasteiger partial charge in [-0.25, -0.2) is 19.8 Å². The van der Waals surface area contributed by atoms with Gasteiger partial charge in [-0.05, 0) is 49.2 Å². The van der Waals surface area contributed by atoms with E-state index < -0.39 is 11.7 Å². The van der Waals surface area contributed by atoms with Crippen LogP contribution in [0.15, 0.2) is 48.8 Å². The van der Waals surface area contributed by atoms with E-state index in [1.165, 1.54) is 12.8 Å². The molecule has 4 N–H and O–H groups in total. The van der Waals surface area contributed by atoms with Gasteiger partial charge in [-0.1, -0.05) is 0 Å². The van der Waals surface area contributed by atoms with Crippen LogP contribution in [0, 0.1) is 5.82 Å². The zero-order chi connectivity index (χ0) is 24.7. The molecule has 3 aromatic rings. The highest BCUT2D eigenvalue weighted by molar-refractivity contribution is 5.93. The lowest BCUT2D eigenvalue weighted by Crippen LogP contribution is -2.43. The summed E-state index contributed by atoms with van der Waals surface area (Å²) < 4.78 is 19.5. The van der Waals surface area contributed by atoms with E-state index in [-0.39, 0.29) is 17.5 Å². The summed E-state index contributed by atoms with van der Waals surface area (Å²) in [5, 5.41) is 5.45. The van der Waals surface area contributed by atoms with Gasteiger partial charge < -0.3 is 20.0 Å². The maximum atomic E-state index is 14.2. The molecule has 2 saturated heterocycles. The van der Waals surface area contributed by atoms with Crippen molar-refractivity contribution in [1.29, 1.82) is 0 Å². The van der Waals surface area contributed by atoms with Crippen molar-refractivity contribution in [1.82, 2.24) is 25.8 Å². The van der Waals surface area contributed by atoms with Gasteiger partial charge in [0.15, 0.2) is 11.6 Å². The third-order valence-electron chi connectivity index (χ3n) is 5.90. The lowest BCUT2D eigenvalue weighted by molar-refractivity contribution is 0.0957. The first-order valence-electron chi connectivity index (χ1n) is 11.9. The molecule has 2 aliphatic heterocycles. The summed E-state index contributed by atoms with van der Waals surface area (Å²) in [4.78, 5) is 26.6. The minimum atomic E-state index is -0.531. The number of hydrazine groups is 2. The third-order valence-corrected chi connectivity index (χ3v) is 5.90. The molecule has 5 rings (SSSR count). The molecule has 0 spiro atoms. The van der Waals surface area contributed by atoms with Gasteiger partial charge >= 0.3 is 0 Å². The highest BCUT2D eigenvalue weighted by Gasteiger charge is 2.18. The normalized spacial score (nSPS) is 15.9. The molecule has 12 heteroatoms. The van der Waals surface area contributed by atoms with Crippen LogP contribution in [0.1, 0.15) is 23.3 Å². The zero-order valence-electron chi connectivity index (χ0n) is 19.7. The summed E-state index contributed by atoms with van der Waals surface area (Å²) in [7, 11) is 0. The van der Waals surface area contributed by atoms with Gasteiger partial charge in [0.25, 0.3) is 5.91 Å². The van der Waals surface area contributed by atoms with Gasteiger partial charge in [-0.15, -0.1) is 0 Å². The topological polar surface area (TPSA) is 120 Å². The van der Waals surface area contributed by atoms with Gasteiger partial charge in [-0.3, -0.25) is 15.6 Å². The number of nitrogens with zero attached hydrogens (tertiary/aromatic N) is 5. The molecule has 0 unspecified atom stereocenters. The van der Waals surface area contributed by atoms with Gasteiger partial charge in [0.2, 0.25) is 5.95 Å². The highest BCUT2D eigenvalue weighted by Crippen LogP contribution is 2.22. The van der Waals surface area contributed by atoms with Crippen LogP contribution < -0.4 is 31.5 Å². The molecule has 1 aromatic carbocycles. The predicted octanol–water partition coefficient (Wildman–Crippen LogP) is 2.45. The van der Waals surface area contributed by atoms with Crippen molar-refractivity contribution >= 4 is 34.7 Å². The summed E-state index contributed by atoms with van der Waals surface area (Å²) in [6, 6.07) is 11.5. The van der Waals surface area contributed by atoms with Crippen LogP contribution in [0.2, 0.25) is 0 Å². The molecule has 11 nitrogen and oxygen atoms in total. The Bertz CT molecular complexity index is 1170. The molecule has 0 saturated carbocycles. The van der Waals surface area contributed by atoms with Gasteiger partial charge in [0.1, 0.15) is 5.69 Å². The number of anilines is 5. The second-order valence-electron chi connectivity index (χ2n) is 8.41. The van der Waals surface area contributed by atoms with Gasteiger partial charge in [-0.2, -0.15) is 4.98 Å². The number of amides is 1. The quantitative estimate of drug-likeness (QED) is 0.366. The first-order valence-corrected chi connectivity index (χ1v) is 11.9. The van der Waals surface area contributed by atoms with E-state index in [2.05, 4.69) is 53.7 Å². The van der Waals surface area contributed by atoms with E-state index in [1.807, 2.05) is 12.1 Å². The SMILES string of the molecule is O=C(NNc1ncc(F)c(N2CCOCC2)n1)c1ccc(Nc2ccc(N3CCCCN3)cc2)cn1. The van der Waals surface area contributed by atoms with Crippen molar-refractivity contribution in [3.8, 4) is 0 Å². The number of carbonyl (C=O) groups is 1. The minimum absolute atomic E-state index is 0.0766. The summed E-state index contributed by atoms with van der Waals surface area (Å²) in [5.41, 5.74) is 11.5. The Kier molecular flexibility index (Phi) is 7.33. The number of hydrogen-bond acceptors (Lipinski definition) is 10. The van der Waals surface area contributed by atoms with Crippen LogP contribution in [0.25, 0.3) is 0 Å². The van der Waals surface area contributed by atoms with E-state index in [1.54, 1.807) is 23.2 Å². The molecular weight excluding hydrogens is 465 g/mol. The van der Waals surface area contributed by atoms with E-state index in [0.717, 1.165) is 36.3 Å². The minimum Gasteiger partial charge on any atom is -0.378 e. The standard InChI is InChI=1S/C24H28FN9O2/c25-20-16-27-24(30-22(20)33-11-13-36-14-12-33)32-31-23(35)21-8-5-18(15-26-21)29-17-3-6-19(7-4-17)34-10-2-1-9-28-34/h3-8,15-16,28-29H,1-2,9-14H2,(H,31,35)(H,27,30,32). The van der Waals surface area contributed by atoms with Gasteiger partial charge in [0.05, 0.1) is 37.0 Å². The van der Waals surface area contributed by atoms with Gasteiger partial charge in [0, 0.05) is 31.9 Å². The van der Waals surface area contributed by atoms with E-state index in [0.29, 0.717) is 26.3 Å². The molecule has 2 aromatic heterocycles. The summed E-state index contributed by atoms with van der Waals surface area (Å²) in [6.07, 6.45) is 5.03. The lowest BCUT2D eigenvalue weighted by Gasteiger charge is -2.29. The predicted molar refractivity (Wildman–Crippen MR) is 135 cm³/mol. The summed E-state index contributed by atoms with van der Waals surface area (Å²) in [5.74, 6) is -0.760. The summed E-state index contributed by atoms with van der Waals surface area (Å²) >= 11 is 0. The molecule has 0 aliphatic carbocycles. The smallest absolute Gasteiger partial charge is 0.288 e. The Morgan fingerprint density at radius 3 is 2.50 bits per heavy atom. The molecule has 2 aliphatic rings. The van der Waals surface area contributed by atoms with E-state index in [9.17, 15) is 9.18 Å². The Morgan fingerprint density at radius 1 is 0.972 bits per heavy atom. The zero-order valence-corrected chi connectivity index (χ0v) is 19.7. The highest BCUT2D eigenvalue weighted by atomic mass is 19.1. The number of pyridine rings is 1. The number of halogens is 1. The second kappa shape index (κ2) is 11.1. The van der Waals surface area contributed by atoms with Crippen molar-refractivity contribution in [3.63, 3.8) is 0 Å². The molecule has 0 bridgehead atoms. The van der Waals surface area contributed by atoms with Crippen molar-refractivity contribution in [2.24, 2.45) is 0 Å². The number of aromatic nitrogens is 3. The monoisotopic (exact) mass is 493 g/mol. The maximum absolute atomic E-state index is 14.2. The molecule has 188 valence electrons. The molecule has 36 heavy (non-hydrogen) atoms. The molecule has 4 heterocycles. The van der Waals surface area contributed by atoms with E-state index in [4.69, 9.17) is 4.74 Å². The Hall–Kier alpha value is -4.03. The first kappa shape index (κ1) is 23.7. The fraction of sp³-hybridized carbons (Fsp3) is 0.333. The van der Waals surface area contributed by atoms with Crippen molar-refractivity contribution in [3.05, 3.63) is 60.3 Å². The van der Waals surface area contributed by atoms with Crippen molar-refractivity contribution in [2.75, 3.05) is 60.0 Å². The fourth-order valence-electron chi connectivity index (χ4n) is 3.99. The Balaban J connectivity index is 1.15. The van der Waals surface area contributed by atoms with Crippen LogP contribution in [-0.4, -0.2) is 60.3 Å². The van der Waals surface area contributed by atoms with E-state index >= 15 is 0 Å². The van der Waals surface area contributed by atoms with Crippen molar-refractivity contribution < 1.29 is 13.9 Å². The maximum Gasteiger partial charge on any atom is 0.288 e. The van der Waals surface area contributed by atoms with Crippen LogP contribution in [0.5, 0.6) is 0 Å². The molecular formula is C24H28FN9O2. The number of nitrogens with one attached hydrogen (secondary N) is 4. The lowest BCUT2D eigenvalue weighted by atomic mass is 10.2. The number of carbonyl (C=O) groups excluding carboxylic acids is 1. The van der Waals surface area contributed by atoms with Crippen LogP contribution in [-0.2, 0) is 4.74 Å². The average Bonchev–Trinajstić information content (AvgIpc) is 2.94. The number of benzene rings is 1. The number of rotatable bonds is 7. The van der Waals surface area contributed by atoms with Crippen LogP contribution >= 0.6 is 0 Å². The first-order chi connectivity index (χ1) is 17.7. The largest absolute Gasteiger partial charge is 0.378 e. The summed E-state index contributed by atoms with van der Waals surface area (Å²) in [6.45, 7) is 4.06. The Morgan fingerprint density at radius 2 is 1.78 bits per heavy atom. The second-order valence-corrected chi connectivity index (χ2v) is 8.41. The molecule has 0 atom stereocenters.